The Hall–Kier alpha value is -1.73. The average molecular weight is 308 g/mol. The number of ether oxygens (including phenoxy) is 1. The van der Waals surface area contributed by atoms with Crippen LogP contribution < -0.4 is 0 Å². The van der Waals surface area contributed by atoms with Gasteiger partial charge in [-0.3, -0.25) is 9.59 Å². The summed E-state index contributed by atoms with van der Waals surface area (Å²) in [5.41, 5.74) is -0.579. The van der Waals surface area contributed by atoms with E-state index in [9.17, 15) is 18.4 Å². The predicted molar refractivity (Wildman–Crippen MR) is 66.8 cm³/mol. The number of carboxylic acids is 1. The summed E-state index contributed by atoms with van der Waals surface area (Å²) in [6.45, 7) is -0.645. The normalized spacial score (nSPS) is 10.4. The number of carboxylic acid groups (broad SMARTS) is 1. The molecule has 1 aromatic carbocycles. The van der Waals surface area contributed by atoms with Gasteiger partial charge in [0.15, 0.2) is 0 Å². The molecule has 0 aliphatic carbocycles. The van der Waals surface area contributed by atoms with E-state index >= 15 is 0 Å². The molecule has 0 radical (unpaired) electrons. The van der Waals surface area contributed by atoms with Crippen molar-refractivity contribution in [1.29, 1.82) is 0 Å². The highest BCUT2D eigenvalue weighted by atomic mass is 35.5. The number of carbonyl (C=O) groups excluding carboxylic acids is 1. The molecule has 0 aliphatic rings. The monoisotopic (exact) mass is 307 g/mol. The lowest BCUT2D eigenvalue weighted by atomic mass is 10.1. The quantitative estimate of drug-likeness (QED) is 0.814. The molecule has 0 aromatic heterocycles. The zero-order valence-corrected chi connectivity index (χ0v) is 11.3. The van der Waals surface area contributed by atoms with E-state index in [1.54, 1.807) is 0 Å². The predicted octanol–water partition coefficient (Wildman–Crippen LogP) is 1.79. The summed E-state index contributed by atoms with van der Waals surface area (Å²) >= 11 is 5.38. The third-order valence-corrected chi connectivity index (χ3v) is 2.71. The molecule has 1 aromatic rings. The number of carbonyl (C=O) groups is 2. The summed E-state index contributed by atoms with van der Waals surface area (Å²) in [5, 5.41) is 8.27. The van der Waals surface area contributed by atoms with Crippen molar-refractivity contribution in [3.63, 3.8) is 0 Å². The second-order valence-electron chi connectivity index (χ2n) is 3.86. The van der Waals surface area contributed by atoms with E-state index in [2.05, 4.69) is 0 Å². The van der Waals surface area contributed by atoms with Gasteiger partial charge in [0.1, 0.15) is 18.2 Å². The summed E-state index contributed by atoms with van der Waals surface area (Å²) in [6, 6.07) is 1.31. The maximum atomic E-state index is 13.6. The molecule has 8 heteroatoms. The number of aliphatic carboxylic acids is 1. The number of methoxy groups -OCH3 is 1. The molecule has 0 bridgehead atoms. The van der Waals surface area contributed by atoms with Crippen LogP contribution in [0.1, 0.15) is 10.4 Å². The molecular weight excluding hydrogens is 296 g/mol. The minimum Gasteiger partial charge on any atom is -0.480 e. The van der Waals surface area contributed by atoms with Crippen LogP contribution in [0.5, 0.6) is 0 Å². The van der Waals surface area contributed by atoms with E-state index < -0.39 is 40.6 Å². The maximum Gasteiger partial charge on any atom is 0.323 e. The van der Waals surface area contributed by atoms with Crippen LogP contribution in [-0.2, 0) is 9.53 Å². The van der Waals surface area contributed by atoms with Gasteiger partial charge in [0.2, 0.25) is 0 Å². The number of rotatable bonds is 6. The number of hydrogen-bond acceptors (Lipinski definition) is 3. The molecule has 5 nitrogen and oxygen atoms in total. The first-order chi connectivity index (χ1) is 9.36. The van der Waals surface area contributed by atoms with Crippen LogP contribution in [0.2, 0.25) is 5.02 Å². The van der Waals surface area contributed by atoms with Crippen LogP contribution in [0.25, 0.3) is 0 Å². The van der Waals surface area contributed by atoms with E-state index in [0.717, 1.165) is 4.90 Å². The number of hydrogen-bond donors (Lipinski definition) is 1. The number of amides is 1. The standard InChI is InChI=1S/C12H12ClF2NO4/c1-20-3-2-16(6-11(17)18)12(19)7-4-10(15)8(13)5-9(7)14/h4-5H,2-3,6H2,1H3,(H,17,18). The highest BCUT2D eigenvalue weighted by Crippen LogP contribution is 2.20. The van der Waals surface area contributed by atoms with Gasteiger partial charge >= 0.3 is 5.97 Å². The summed E-state index contributed by atoms with van der Waals surface area (Å²) in [7, 11) is 1.37. The lowest BCUT2D eigenvalue weighted by molar-refractivity contribution is -0.137. The Kier molecular flexibility index (Phi) is 5.84. The molecular formula is C12H12ClF2NO4. The molecule has 1 N–H and O–H groups in total. The van der Waals surface area contributed by atoms with Gasteiger partial charge in [-0.15, -0.1) is 0 Å². The van der Waals surface area contributed by atoms with Gasteiger partial charge in [-0.2, -0.15) is 0 Å². The fraction of sp³-hybridized carbons (Fsp3) is 0.333. The van der Waals surface area contributed by atoms with Crippen LogP contribution in [0.15, 0.2) is 12.1 Å². The van der Waals surface area contributed by atoms with Crippen LogP contribution in [0, 0.1) is 11.6 Å². The third kappa shape index (κ3) is 4.14. The molecule has 0 saturated heterocycles. The number of nitrogens with zero attached hydrogens (tertiary/aromatic N) is 1. The summed E-state index contributed by atoms with van der Waals surface area (Å²) in [6.07, 6.45) is 0. The Morgan fingerprint density at radius 3 is 2.55 bits per heavy atom. The van der Waals surface area contributed by atoms with Crippen molar-refractivity contribution < 1.29 is 28.2 Å². The Bertz CT molecular complexity index is 524. The zero-order chi connectivity index (χ0) is 15.3. The molecule has 0 saturated carbocycles. The van der Waals surface area contributed by atoms with Gasteiger partial charge in [-0.05, 0) is 12.1 Å². The van der Waals surface area contributed by atoms with Crippen molar-refractivity contribution in [2.75, 3.05) is 26.8 Å². The van der Waals surface area contributed by atoms with Gasteiger partial charge in [0, 0.05) is 13.7 Å². The van der Waals surface area contributed by atoms with Gasteiger partial charge in [0.25, 0.3) is 5.91 Å². The van der Waals surface area contributed by atoms with Crippen molar-refractivity contribution in [2.24, 2.45) is 0 Å². The van der Waals surface area contributed by atoms with Crippen molar-refractivity contribution in [2.45, 2.75) is 0 Å². The fourth-order valence-electron chi connectivity index (χ4n) is 1.47. The molecule has 0 heterocycles. The Morgan fingerprint density at radius 2 is 2.00 bits per heavy atom. The number of benzene rings is 1. The molecule has 0 aliphatic heterocycles. The minimum atomic E-state index is -1.27. The van der Waals surface area contributed by atoms with Crippen LogP contribution in [-0.4, -0.2) is 48.7 Å². The van der Waals surface area contributed by atoms with Crippen molar-refractivity contribution in [3.8, 4) is 0 Å². The van der Waals surface area contributed by atoms with E-state index in [-0.39, 0.29) is 13.2 Å². The van der Waals surface area contributed by atoms with Gasteiger partial charge in [-0.25, -0.2) is 8.78 Å². The van der Waals surface area contributed by atoms with E-state index in [4.69, 9.17) is 21.4 Å². The zero-order valence-electron chi connectivity index (χ0n) is 10.5. The molecule has 0 spiro atoms. The second kappa shape index (κ2) is 7.16. The lowest BCUT2D eigenvalue weighted by Crippen LogP contribution is -2.38. The van der Waals surface area contributed by atoms with E-state index in [1.807, 2.05) is 0 Å². The SMILES string of the molecule is COCCN(CC(=O)O)C(=O)c1cc(F)c(Cl)cc1F. The summed E-state index contributed by atoms with van der Waals surface area (Å²) in [5.74, 6) is -4.20. The summed E-state index contributed by atoms with van der Waals surface area (Å²) in [4.78, 5) is 23.6. The first-order valence-electron chi connectivity index (χ1n) is 5.51. The van der Waals surface area contributed by atoms with E-state index in [0.29, 0.717) is 12.1 Å². The number of halogens is 3. The van der Waals surface area contributed by atoms with Gasteiger partial charge in [0.05, 0.1) is 17.2 Å². The maximum absolute atomic E-state index is 13.6. The van der Waals surface area contributed by atoms with Crippen molar-refractivity contribution >= 4 is 23.5 Å². The molecule has 0 atom stereocenters. The van der Waals surface area contributed by atoms with Crippen LogP contribution in [0.4, 0.5) is 8.78 Å². The molecule has 0 fully saturated rings. The highest BCUT2D eigenvalue weighted by molar-refractivity contribution is 6.30. The molecule has 110 valence electrons. The van der Waals surface area contributed by atoms with Crippen LogP contribution in [0.3, 0.4) is 0 Å². The van der Waals surface area contributed by atoms with Gasteiger partial charge < -0.3 is 14.7 Å². The Labute approximate surface area is 118 Å². The molecule has 20 heavy (non-hydrogen) atoms. The largest absolute Gasteiger partial charge is 0.480 e. The van der Waals surface area contributed by atoms with Crippen molar-refractivity contribution in [3.05, 3.63) is 34.4 Å². The topological polar surface area (TPSA) is 66.8 Å². The Morgan fingerprint density at radius 1 is 1.35 bits per heavy atom. The first kappa shape index (κ1) is 16.3. The minimum absolute atomic E-state index is 0.0642. The van der Waals surface area contributed by atoms with Gasteiger partial charge in [-0.1, -0.05) is 11.6 Å². The summed E-state index contributed by atoms with van der Waals surface area (Å²) < 4.78 is 31.6. The lowest BCUT2D eigenvalue weighted by Gasteiger charge is -2.20. The molecule has 1 rings (SSSR count). The second-order valence-corrected chi connectivity index (χ2v) is 4.27. The third-order valence-electron chi connectivity index (χ3n) is 2.42. The fourth-order valence-corrected chi connectivity index (χ4v) is 1.62. The molecule has 0 unspecified atom stereocenters. The van der Waals surface area contributed by atoms with Crippen molar-refractivity contribution in [1.82, 2.24) is 4.90 Å². The Balaban J connectivity index is 3.04. The van der Waals surface area contributed by atoms with E-state index in [1.165, 1.54) is 7.11 Å². The van der Waals surface area contributed by atoms with Crippen LogP contribution >= 0.6 is 11.6 Å². The smallest absolute Gasteiger partial charge is 0.323 e. The first-order valence-corrected chi connectivity index (χ1v) is 5.89. The average Bonchev–Trinajstić information content (AvgIpc) is 2.37. The molecule has 1 amide bonds. The highest BCUT2D eigenvalue weighted by Gasteiger charge is 2.22.